The van der Waals surface area contributed by atoms with Gasteiger partial charge in [0.15, 0.2) is 5.60 Å². The maximum atomic E-state index is 12.9. The highest BCUT2D eigenvalue weighted by Gasteiger charge is 2.41. The van der Waals surface area contributed by atoms with Gasteiger partial charge in [0.2, 0.25) is 5.91 Å². The number of fused-ring (bicyclic) bond motifs is 2. The Kier molecular flexibility index (Phi) is 5.55. The smallest absolute Gasteiger partial charge is 0.282 e. The van der Waals surface area contributed by atoms with Crippen molar-refractivity contribution >= 4 is 22.6 Å². The Morgan fingerprint density at radius 3 is 2.47 bits per heavy atom. The van der Waals surface area contributed by atoms with Crippen LogP contribution < -0.4 is 15.6 Å². The molecular formula is C26H28N2O4. The topological polar surface area (TPSA) is 87.7 Å². The molecule has 0 radical (unpaired) electrons. The van der Waals surface area contributed by atoms with E-state index in [4.69, 9.17) is 4.74 Å². The molecule has 0 aliphatic carbocycles. The molecule has 0 bridgehead atoms. The SMILES string of the molecule is Cc1c(C)c2c(c(C)c1O)CCC(C)(C(=O)NNC(=O)Cc1ccc3ccccc3c1)O2. The highest BCUT2D eigenvalue weighted by atomic mass is 16.5. The van der Waals surface area contributed by atoms with E-state index in [0.717, 1.165) is 38.6 Å². The van der Waals surface area contributed by atoms with Crippen LogP contribution in [-0.4, -0.2) is 22.5 Å². The van der Waals surface area contributed by atoms with Gasteiger partial charge in [-0.2, -0.15) is 0 Å². The van der Waals surface area contributed by atoms with Gasteiger partial charge in [0.05, 0.1) is 6.42 Å². The predicted octanol–water partition coefficient (Wildman–Crippen LogP) is 3.94. The molecule has 3 N–H and O–H groups in total. The standard InChI is InChI=1S/C26H28N2O4/c1-15-16(2)24-21(17(3)23(15)30)11-12-26(4,32-24)25(31)28-27-22(29)14-18-9-10-19-7-5-6-8-20(19)13-18/h5-10,13,30H,11-12,14H2,1-4H3,(H,27,29)(H,28,31). The lowest BCUT2D eigenvalue weighted by molar-refractivity contribution is -0.140. The average Bonchev–Trinajstić information content (AvgIpc) is 2.79. The second kappa shape index (κ2) is 8.19. The second-order valence-electron chi connectivity index (χ2n) is 8.72. The number of hydrogen-bond donors (Lipinski definition) is 3. The van der Waals surface area contributed by atoms with E-state index in [-0.39, 0.29) is 18.1 Å². The van der Waals surface area contributed by atoms with Crippen molar-refractivity contribution in [1.29, 1.82) is 0 Å². The fourth-order valence-electron chi connectivity index (χ4n) is 4.24. The summed E-state index contributed by atoms with van der Waals surface area (Å²) >= 11 is 0. The van der Waals surface area contributed by atoms with Gasteiger partial charge >= 0.3 is 0 Å². The second-order valence-corrected chi connectivity index (χ2v) is 8.72. The third-order valence-electron chi connectivity index (χ3n) is 6.49. The van der Waals surface area contributed by atoms with E-state index in [9.17, 15) is 14.7 Å². The van der Waals surface area contributed by atoms with E-state index >= 15 is 0 Å². The molecule has 0 spiro atoms. The molecule has 1 heterocycles. The Morgan fingerprint density at radius 2 is 1.72 bits per heavy atom. The normalized spacial score (nSPS) is 17.4. The summed E-state index contributed by atoms with van der Waals surface area (Å²) in [7, 11) is 0. The van der Waals surface area contributed by atoms with Crippen molar-refractivity contribution in [3.8, 4) is 11.5 Å². The molecular weight excluding hydrogens is 404 g/mol. The highest BCUT2D eigenvalue weighted by molar-refractivity contribution is 5.89. The Labute approximate surface area is 187 Å². The number of carbonyl (C=O) groups excluding carboxylic acids is 2. The Morgan fingerprint density at radius 1 is 1.00 bits per heavy atom. The molecule has 6 heteroatoms. The van der Waals surface area contributed by atoms with Crippen molar-refractivity contribution in [3.63, 3.8) is 0 Å². The number of nitrogens with one attached hydrogen (secondary N) is 2. The minimum absolute atomic E-state index is 0.155. The molecule has 0 saturated carbocycles. The number of benzene rings is 3. The lowest BCUT2D eigenvalue weighted by Gasteiger charge is -2.36. The minimum atomic E-state index is -1.12. The number of phenolic OH excluding ortho intramolecular Hbond substituents is 1. The van der Waals surface area contributed by atoms with Crippen LogP contribution in [0.2, 0.25) is 0 Å². The lowest BCUT2D eigenvalue weighted by atomic mass is 9.87. The summed E-state index contributed by atoms with van der Waals surface area (Å²) < 4.78 is 6.15. The van der Waals surface area contributed by atoms with Crippen LogP contribution in [0.15, 0.2) is 42.5 Å². The molecule has 0 aromatic heterocycles. The first-order chi connectivity index (χ1) is 15.2. The number of hydrogen-bond acceptors (Lipinski definition) is 4. The molecule has 4 rings (SSSR count). The third-order valence-corrected chi connectivity index (χ3v) is 6.49. The summed E-state index contributed by atoms with van der Waals surface area (Å²) in [5.41, 5.74) is 8.07. The van der Waals surface area contributed by atoms with Gasteiger partial charge in [-0.15, -0.1) is 0 Å². The van der Waals surface area contributed by atoms with E-state index in [2.05, 4.69) is 10.9 Å². The van der Waals surface area contributed by atoms with Crippen molar-refractivity contribution in [2.45, 2.75) is 52.6 Å². The summed E-state index contributed by atoms with van der Waals surface area (Å²) in [5.74, 6) is 0.210. The number of ether oxygens (including phenoxy) is 1. The van der Waals surface area contributed by atoms with Crippen molar-refractivity contribution in [2.24, 2.45) is 0 Å². The maximum Gasteiger partial charge on any atom is 0.282 e. The van der Waals surface area contributed by atoms with E-state index in [0.29, 0.717) is 18.6 Å². The van der Waals surface area contributed by atoms with Crippen LogP contribution in [0.25, 0.3) is 10.8 Å². The molecule has 0 saturated heterocycles. The van der Waals surface area contributed by atoms with Gasteiger partial charge in [-0.1, -0.05) is 42.5 Å². The number of phenols is 1. The number of amides is 2. The average molecular weight is 433 g/mol. The number of hydrazine groups is 1. The monoisotopic (exact) mass is 432 g/mol. The molecule has 1 aliphatic rings. The van der Waals surface area contributed by atoms with E-state index in [1.807, 2.05) is 63.2 Å². The fourth-order valence-corrected chi connectivity index (χ4v) is 4.24. The van der Waals surface area contributed by atoms with Crippen molar-refractivity contribution in [1.82, 2.24) is 10.9 Å². The molecule has 1 aliphatic heterocycles. The van der Waals surface area contributed by atoms with Gasteiger partial charge in [0.25, 0.3) is 5.91 Å². The zero-order valence-electron chi connectivity index (χ0n) is 18.8. The summed E-state index contributed by atoms with van der Waals surface area (Å²) in [6.45, 7) is 7.29. The van der Waals surface area contributed by atoms with E-state index in [1.54, 1.807) is 6.92 Å². The van der Waals surface area contributed by atoms with Gasteiger partial charge in [0.1, 0.15) is 11.5 Å². The van der Waals surface area contributed by atoms with Crippen LogP contribution in [0.5, 0.6) is 11.5 Å². The van der Waals surface area contributed by atoms with Gasteiger partial charge in [-0.25, -0.2) is 0 Å². The van der Waals surface area contributed by atoms with Crippen LogP contribution in [-0.2, 0) is 22.4 Å². The van der Waals surface area contributed by atoms with Gasteiger partial charge in [-0.3, -0.25) is 20.4 Å². The molecule has 6 nitrogen and oxygen atoms in total. The fraction of sp³-hybridized carbons (Fsp3) is 0.308. The number of aromatic hydroxyl groups is 1. The van der Waals surface area contributed by atoms with Gasteiger partial charge in [-0.05, 0) is 67.1 Å². The highest BCUT2D eigenvalue weighted by Crippen LogP contribution is 2.43. The molecule has 3 aromatic rings. The molecule has 0 fully saturated rings. The van der Waals surface area contributed by atoms with Gasteiger partial charge in [0, 0.05) is 12.0 Å². The van der Waals surface area contributed by atoms with E-state index in [1.165, 1.54) is 0 Å². The van der Waals surface area contributed by atoms with Gasteiger partial charge < -0.3 is 9.84 Å². The number of carbonyl (C=O) groups is 2. The molecule has 1 atom stereocenters. The summed E-state index contributed by atoms with van der Waals surface area (Å²) in [4.78, 5) is 25.3. The van der Waals surface area contributed by atoms with Crippen LogP contribution in [0, 0.1) is 20.8 Å². The largest absolute Gasteiger partial charge is 0.507 e. The van der Waals surface area contributed by atoms with Crippen LogP contribution in [0.4, 0.5) is 0 Å². The van der Waals surface area contributed by atoms with Crippen molar-refractivity contribution in [2.75, 3.05) is 0 Å². The first-order valence-corrected chi connectivity index (χ1v) is 10.8. The first-order valence-electron chi connectivity index (χ1n) is 10.8. The summed E-state index contributed by atoms with van der Waals surface area (Å²) in [6, 6.07) is 13.8. The summed E-state index contributed by atoms with van der Waals surface area (Å²) in [6.07, 6.45) is 1.20. The van der Waals surface area contributed by atoms with Crippen LogP contribution in [0.1, 0.15) is 41.2 Å². The zero-order valence-corrected chi connectivity index (χ0v) is 18.8. The molecule has 1 unspecified atom stereocenters. The first kappa shape index (κ1) is 21.7. The Balaban J connectivity index is 1.42. The summed E-state index contributed by atoms with van der Waals surface area (Å²) in [5, 5.41) is 12.5. The molecule has 2 amide bonds. The lowest BCUT2D eigenvalue weighted by Crippen LogP contribution is -2.56. The zero-order chi connectivity index (χ0) is 23.0. The molecule has 166 valence electrons. The minimum Gasteiger partial charge on any atom is -0.507 e. The number of rotatable bonds is 3. The predicted molar refractivity (Wildman–Crippen MR) is 124 cm³/mol. The molecule has 3 aromatic carbocycles. The molecule has 32 heavy (non-hydrogen) atoms. The van der Waals surface area contributed by atoms with E-state index < -0.39 is 11.5 Å². The van der Waals surface area contributed by atoms with Crippen molar-refractivity contribution < 1.29 is 19.4 Å². The third kappa shape index (κ3) is 3.88. The van der Waals surface area contributed by atoms with Crippen LogP contribution in [0.3, 0.4) is 0 Å². The van der Waals surface area contributed by atoms with Crippen molar-refractivity contribution in [3.05, 3.63) is 70.3 Å². The quantitative estimate of drug-likeness (QED) is 0.547. The Bertz CT molecular complexity index is 1230. The Hall–Kier alpha value is -3.54. The maximum absolute atomic E-state index is 12.9. The van der Waals surface area contributed by atoms with Crippen LogP contribution >= 0.6 is 0 Å².